The number of rotatable bonds is 2. The van der Waals surface area contributed by atoms with Crippen molar-refractivity contribution in [3.05, 3.63) is 35.4 Å². The molecule has 0 aliphatic rings. The summed E-state index contributed by atoms with van der Waals surface area (Å²) >= 11 is 5.54. The number of halogens is 1. The van der Waals surface area contributed by atoms with Gasteiger partial charge in [0.25, 0.3) is 0 Å². The van der Waals surface area contributed by atoms with Crippen molar-refractivity contribution >= 4 is 28.1 Å². The van der Waals surface area contributed by atoms with Gasteiger partial charge in [0.05, 0.1) is 0 Å². The van der Waals surface area contributed by atoms with Crippen molar-refractivity contribution in [2.75, 3.05) is 6.54 Å². The summed E-state index contributed by atoms with van der Waals surface area (Å²) in [6, 6.07) is 8.63. The summed E-state index contributed by atoms with van der Waals surface area (Å²) in [4.78, 5) is 10.3. The first-order chi connectivity index (χ1) is 8.06. The summed E-state index contributed by atoms with van der Waals surface area (Å²) in [5, 5.41) is 3.06. The second kappa shape index (κ2) is 9.80. The predicted molar refractivity (Wildman–Crippen MR) is 66.5 cm³/mol. The Kier molecular flexibility index (Phi) is 8.99. The van der Waals surface area contributed by atoms with Gasteiger partial charge in [0.15, 0.2) is 0 Å². The van der Waals surface area contributed by atoms with E-state index in [0.29, 0.717) is 6.54 Å². The highest BCUT2D eigenvalue weighted by Crippen LogP contribution is 2.03. The molecule has 2 amide bonds. The van der Waals surface area contributed by atoms with E-state index in [0.717, 1.165) is 11.4 Å². The van der Waals surface area contributed by atoms with Crippen molar-refractivity contribution in [2.45, 2.75) is 13.3 Å². The molecule has 0 unspecified atom stereocenters. The Bertz CT molecular complexity index is 452. The number of nitrogens with zero attached hydrogens (tertiary/aromatic N) is 1. The number of hydrogen-bond acceptors (Lipinski definition) is 3. The van der Waals surface area contributed by atoms with Crippen LogP contribution in [0.15, 0.2) is 34.7 Å². The lowest BCUT2D eigenvalue weighted by Gasteiger charge is -1.92. The summed E-state index contributed by atoms with van der Waals surface area (Å²) < 4.78 is 22.2. The fourth-order valence-electron chi connectivity index (χ4n) is 0.747. The maximum absolute atomic E-state index is 10.3. The molecule has 0 heterocycles. The van der Waals surface area contributed by atoms with Gasteiger partial charge in [-0.25, -0.2) is 4.79 Å². The number of hydrogen-bond donors (Lipinski definition) is 1. The molecule has 0 bridgehead atoms. The van der Waals surface area contributed by atoms with E-state index in [1.807, 2.05) is 37.3 Å². The van der Waals surface area contributed by atoms with Gasteiger partial charge in [0, 0.05) is 11.6 Å². The molecule has 94 valence electrons. The molecule has 1 aromatic carbocycles. The number of carbonyl (C=O) groups is 1. The van der Waals surface area contributed by atoms with Crippen LogP contribution in [0, 0.1) is 0 Å². The molecule has 0 aliphatic carbocycles. The van der Waals surface area contributed by atoms with Crippen molar-refractivity contribution in [1.82, 2.24) is 5.32 Å². The maximum atomic E-state index is 10.3. The fraction of sp³-hybridized carbons (Fsp3) is 0.300. The summed E-state index contributed by atoms with van der Waals surface area (Å²) in [5.41, 5.74) is 0. The third-order valence-electron chi connectivity index (χ3n) is 1.42. The third-order valence-corrected chi connectivity index (χ3v) is 1.98. The number of carbonyl (C=O) groups excluding carboxylic acids is 1. The number of benzene rings is 1. The minimum Gasteiger partial charge on any atom is -0.335 e. The van der Waals surface area contributed by atoms with Crippen molar-refractivity contribution in [3.63, 3.8) is 0 Å². The van der Waals surface area contributed by atoms with Gasteiger partial charge < -0.3 is 5.32 Å². The van der Waals surface area contributed by atoms with E-state index in [4.69, 9.17) is 11.6 Å². The molecule has 7 heteroatoms. The van der Waals surface area contributed by atoms with Crippen molar-refractivity contribution in [3.8, 4) is 0 Å². The lowest BCUT2D eigenvalue weighted by molar-refractivity contribution is 0.249. The zero-order chi connectivity index (χ0) is 13.1. The fourth-order valence-corrected chi connectivity index (χ4v) is 1.09. The Morgan fingerprint density at radius 1 is 1.35 bits per heavy atom. The Labute approximate surface area is 107 Å². The minimum absolute atomic E-state index is 0.444. The lowest BCUT2D eigenvalue weighted by atomic mass is 10.4. The van der Waals surface area contributed by atoms with Crippen LogP contribution in [-0.2, 0) is 10.5 Å². The van der Waals surface area contributed by atoms with Gasteiger partial charge in [0.2, 0.25) is 0 Å². The van der Waals surface area contributed by atoms with E-state index in [1.54, 1.807) is 0 Å². The second-order valence-corrected chi connectivity index (χ2v) is 3.89. The normalized spacial score (nSPS) is 8.59. The quantitative estimate of drug-likeness (QED) is 0.902. The molecule has 1 N–H and O–H groups in total. The zero-order valence-corrected chi connectivity index (χ0v) is 10.8. The van der Waals surface area contributed by atoms with Crippen LogP contribution in [0.2, 0.25) is 5.02 Å². The lowest BCUT2D eigenvalue weighted by Crippen LogP contribution is -2.19. The Morgan fingerprint density at radius 3 is 2.29 bits per heavy atom. The highest BCUT2D eigenvalue weighted by Gasteiger charge is 1.93. The Balaban J connectivity index is 0.000000318. The molecule has 0 aromatic heterocycles. The molecular weight excluding hydrogens is 264 g/mol. The molecule has 0 atom stereocenters. The van der Waals surface area contributed by atoms with E-state index in [2.05, 4.69) is 9.68 Å². The second-order valence-electron chi connectivity index (χ2n) is 2.84. The van der Waals surface area contributed by atoms with Crippen LogP contribution in [0.25, 0.3) is 0 Å². The predicted octanol–water partition coefficient (Wildman–Crippen LogP) is 2.51. The highest BCUT2D eigenvalue weighted by molar-refractivity contribution is 7.62. The molecule has 0 spiro atoms. The van der Waals surface area contributed by atoms with Crippen LogP contribution in [0.4, 0.5) is 4.79 Å². The summed E-state index contributed by atoms with van der Waals surface area (Å²) in [6.45, 7) is 2.30. The molecule has 1 aromatic rings. The van der Waals surface area contributed by atoms with Gasteiger partial charge in [-0.15, -0.1) is 0 Å². The first kappa shape index (κ1) is 15.6. The topological polar surface area (TPSA) is 75.6 Å². The van der Waals surface area contributed by atoms with Crippen molar-refractivity contribution in [2.24, 2.45) is 4.36 Å². The molecular formula is C10H13ClN2O3S. The summed E-state index contributed by atoms with van der Waals surface area (Å²) in [6.07, 6.45) is 0.757. The van der Waals surface area contributed by atoms with Gasteiger partial charge in [-0.05, 0) is 18.6 Å². The standard InChI is InChI=1S/C6H5Cl.C4H8N2O3S/c7-6-4-2-1-3-5-6;1-2-3-5-4(7)6-10(8)9/h1-5H;2-3H2,1H3,(H,5,7). The van der Waals surface area contributed by atoms with Crippen LogP contribution in [0.1, 0.15) is 13.3 Å². The van der Waals surface area contributed by atoms with E-state index in [9.17, 15) is 13.2 Å². The van der Waals surface area contributed by atoms with Crippen LogP contribution in [-0.4, -0.2) is 21.0 Å². The Morgan fingerprint density at radius 2 is 1.94 bits per heavy atom. The Hall–Kier alpha value is -1.40. The first-order valence-electron chi connectivity index (χ1n) is 4.85. The van der Waals surface area contributed by atoms with Gasteiger partial charge >= 0.3 is 16.5 Å². The SMILES string of the molecule is CCCNC(=O)N=S(=O)=O.Clc1ccccc1. The minimum atomic E-state index is -2.64. The van der Waals surface area contributed by atoms with Crippen molar-refractivity contribution in [1.29, 1.82) is 0 Å². The van der Waals surface area contributed by atoms with Crippen LogP contribution < -0.4 is 5.32 Å². The largest absolute Gasteiger partial charge is 0.355 e. The monoisotopic (exact) mass is 276 g/mol. The molecule has 0 fully saturated rings. The molecule has 0 saturated heterocycles. The van der Waals surface area contributed by atoms with Crippen LogP contribution in [0.3, 0.4) is 0 Å². The number of urea groups is 1. The van der Waals surface area contributed by atoms with E-state index in [1.165, 1.54) is 0 Å². The number of amides is 2. The maximum Gasteiger partial charge on any atom is 0.355 e. The smallest absolute Gasteiger partial charge is 0.335 e. The molecule has 0 radical (unpaired) electrons. The number of nitrogens with one attached hydrogen (secondary N) is 1. The average molecular weight is 277 g/mol. The van der Waals surface area contributed by atoms with Crippen LogP contribution >= 0.6 is 11.6 Å². The average Bonchev–Trinajstić information content (AvgIpc) is 2.27. The first-order valence-corrected chi connectivity index (χ1v) is 6.26. The van der Waals surface area contributed by atoms with Crippen LogP contribution in [0.5, 0.6) is 0 Å². The summed E-state index contributed by atoms with van der Waals surface area (Å²) in [5.74, 6) is 0. The van der Waals surface area contributed by atoms with E-state index in [-0.39, 0.29) is 0 Å². The van der Waals surface area contributed by atoms with E-state index >= 15 is 0 Å². The van der Waals surface area contributed by atoms with Gasteiger partial charge in [0.1, 0.15) is 0 Å². The summed E-state index contributed by atoms with van der Waals surface area (Å²) in [7, 11) is -2.64. The third kappa shape index (κ3) is 10.9. The van der Waals surface area contributed by atoms with Gasteiger partial charge in [-0.3, -0.25) is 0 Å². The van der Waals surface area contributed by atoms with Crippen molar-refractivity contribution < 1.29 is 13.2 Å². The molecule has 1 rings (SSSR count). The molecule has 0 saturated carbocycles. The van der Waals surface area contributed by atoms with E-state index < -0.39 is 16.5 Å². The molecule has 0 aliphatic heterocycles. The molecule has 17 heavy (non-hydrogen) atoms. The highest BCUT2D eigenvalue weighted by atomic mass is 35.5. The molecule has 5 nitrogen and oxygen atoms in total. The van der Waals surface area contributed by atoms with Gasteiger partial charge in [-0.2, -0.15) is 8.42 Å². The zero-order valence-electron chi connectivity index (χ0n) is 9.26. The van der Waals surface area contributed by atoms with Gasteiger partial charge in [-0.1, -0.05) is 41.1 Å².